The standard InChI is InChI=1S/C24H32N8O/c1-15-12-31(5)13-21(15)33-14-19(11-25)24(26-4)18-6-7-32-20(9-18)10-23(30-32)29-22-8-16(2)27-17(3)28-22/h6-11,15,21H,12-14,25H2,1-5H3,(H,27,28,29,30)/b19-11-,26-24?/t15-,21-/m0/s1. The number of anilines is 2. The number of likely N-dealkylation sites (tertiary alicyclic amines) is 1. The van der Waals surface area contributed by atoms with Gasteiger partial charge in [0.05, 0.1) is 23.9 Å². The van der Waals surface area contributed by atoms with E-state index in [2.05, 4.69) is 44.2 Å². The third kappa shape index (κ3) is 5.20. The summed E-state index contributed by atoms with van der Waals surface area (Å²) in [6.45, 7) is 8.44. The quantitative estimate of drug-likeness (QED) is 0.535. The van der Waals surface area contributed by atoms with E-state index < -0.39 is 0 Å². The minimum Gasteiger partial charge on any atom is -0.404 e. The number of pyridine rings is 1. The number of fused-ring (bicyclic) bond motifs is 1. The number of hydrogen-bond donors (Lipinski definition) is 2. The molecule has 0 aliphatic carbocycles. The van der Waals surface area contributed by atoms with Gasteiger partial charge in [-0.2, -0.15) is 5.10 Å². The Morgan fingerprint density at radius 1 is 1.24 bits per heavy atom. The second-order valence-corrected chi connectivity index (χ2v) is 8.69. The number of nitrogens with two attached hydrogens (primary N) is 1. The molecule has 0 radical (unpaired) electrons. The summed E-state index contributed by atoms with van der Waals surface area (Å²) in [6.07, 6.45) is 3.71. The third-order valence-electron chi connectivity index (χ3n) is 5.87. The first-order valence-corrected chi connectivity index (χ1v) is 11.1. The smallest absolute Gasteiger partial charge is 0.154 e. The molecule has 1 aliphatic heterocycles. The van der Waals surface area contributed by atoms with Gasteiger partial charge >= 0.3 is 0 Å². The number of rotatable bonds is 7. The highest BCUT2D eigenvalue weighted by atomic mass is 16.5. The van der Waals surface area contributed by atoms with Crippen molar-refractivity contribution in [3.63, 3.8) is 0 Å². The number of aliphatic imine (C=N–C) groups is 1. The summed E-state index contributed by atoms with van der Waals surface area (Å²) in [5.74, 6) is 2.63. The third-order valence-corrected chi connectivity index (χ3v) is 5.87. The molecule has 0 spiro atoms. The lowest BCUT2D eigenvalue weighted by atomic mass is 10.0. The molecular formula is C24H32N8O. The lowest BCUT2D eigenvalue weighted by molar-refractivity contribution is 0.0565. The zero-order chi connectivity index (χ0) is 23.5. The van der Waals surface area contributed by atoms with Crippen molar-refractivity contribution in [3.05, 3.63) is 59.3 Å². The molecule has 3 aromatic heterocycles. The molecule has 1 saturated heterocycles. The van der Waals surface area contributed by atoms with Gasteiger partial charge in [0.15, 0.2) is 5.82 Å². The van der Waals surface area contributed by atoms with E-state index in [9.17, 15) is 0 Å². The molecule has 2 atom stereocenters. The van der Waals surface area contributed by atoms with Crippen LogP contribution >= 0.6 is 0 Å². The first-order valence-electron chi connectivity index (χ1n) is 11.1. The van der Waals surface area contributed by atoms with Gasteiger partial charge in [-0.05, 0) is 38.9 Å². The molecular weight excluding hydrogens is 416 g/mol. The number of aryl methyl sites for hydroxylation is 2. The SMILES string of the molecule is CN=C(/C(=C\N)CO[C@H]1CN(C)C[C@@H]1C)c1ccn2nc(Nc3cc(C)nc(C)n3)cc2c1. The lowest BCUT2D eigenvalue weighted by Gasteiger charge is -2.18. The normalized spacial score (nSPS) is 20.0. The monoisotopic (exact) mass is 448 g/mol. The largest absolute Gasteiger partial charge is 0.404 e. The molecule has 0 aromatic carbocycles. The number of hydrogen-bond acceptors (Lipinski definition) is 8. The molecule has 174 valence electrons. The number of aromatic nitrogens is 4. The summed E-state index contributed by atoms with van der Waals surface area (Å²) in [5, 5.41) is 7.86. The van der Waals surface area contributed by atoms with E-state index in [0.29, 0.717) is 24.2 Å². The van der Waals surface area contributed by atoms with Crippen LogP contribution in [0.3, 0.4) is 0 Å². The zero-order valence-corrected chi connectivity index (χ0v) is 19.9. The highest BCUT2D eigenvalue weighted by Crippen LogP contribution is 2.21. The predicted molar refractivity (Wildman–Crippen MR) is 131 cm³/mol. The Morgan fingerprint density at radius 2 is 2.06 bits per heavy atom. The number of likely N-dealkylation sites (N-methyl/N-ethyl adjacent to an activating group) is 1. The predicted octanol–water partition coefficient (Wildman–Crippen LogP) is 2.71. The summed E-state index contributed by atoms with van der Waals surface area (Å²) in [5.41, 5.74) is 10.5. The first-order chi connectivity index (χ1) is 15.9. The minimum absolute atomic E-state index is 0.197. The molecule has 3 N–H and O–H groups in total. The first kappa shape index (κ1) is 22.9. The summed E-state index contributed by atoms with van der Waals surface area (Å²) in [6, 6.07) is 7.90. The summed E-state index contributed by atoms with van der Waals surface area (Å²) < 4.78 is 8.03. The van der Waals surface area contributed by atoms with Crippen LogP contribution in [0.1, 0.15) is 24.0 Å². The fraction of sp³-hybridized carbons (Fsp3) is 0.417. The number of nitrogens with one attached hydrogen (secondary N) is 1. The Balaban J connectivity index is 1.52. The molecule has 1 fully saturated rings. The Bertz CT molecular complexity index is 1180. The summed E-state index contributed by atoms with van der Waals surface area (Å²) in [7, 11) is 3.90. The van der Waals surface area contributed by atoms with Crippen LogP contribution in [-0.4, -0.2) is 70.1 Å². The lowest BCUT2D eigenvalue weighted by Crippen LogP contribution is -2.24. The van der Waals surface area contributed by atoms with Crippen molar-refractivity contribution in [2.24, 2.45) is 16.6 Å². The summed E-state index contributed by atoms with van der Waals surface area (Å²) >= 11 is 0. The average molecular weight is 449 g/mol. The molecule has 9 nitrogen and oxygen atoms in total. The van der Waals surface area contributed by atoms with Gasteiger partial charge in [-0.3, -0.25) is 4.99 Å². The van der Waals surface area contributed by atoms with E-state index in [1.807, 2.05) is 48.8 Å². The Kier molecular flexibility index (Phi) is 6.71. The van der Waals surface area contributed by atoms with Gasteiger partial charge in [0, 0.05) is 61.5 Å². The van der Waals surface area contributed by atoms with Crippen LogP contribution < -0.4 is 11.1 Å². The highest BCUT2D eigenvalue weighted by molar-refractivity contribution is 6.13. The van der Waals surface area contributed by atoms with E-state index in [1.54, 1.807) is 13.2 Å². The van der Waals surface area contributed by atoms with Crippen molar-refractivity contribution in [3.8, 4) is 0 Å². The van der Waals surface area contributed by atoms with Crippen molar-refractivity contribution in [1.29, 1.82) is 0 Å². The van der Waals surface area contributed by atoms with Gasteiger partial charge in [-0.25, -0.2) is 14.5 Å². The number of ether oxygens (including phenoxy) is 1. The van der Waals surface area contributed by atoms with Crippen LogP contribution in [0, 0.1) is 19.8 Å². The van der Waals surface area contributed by atoms with E-state index in [1.165, 1.54) is 0 Å². The van der Waals surface area contributed by atoms with Crippen LogP contribution in [0.5, 0.6) is 0 Å². The van der Waals surface area contributed by atoms with Crippen LogP contribution in [0.4, 0.5) is 11.6 Å². The van der Waals surface area contributed by atoms with Gasteiger partial charge in [-0.15, -0.1) is 0 Å². The van der Waals surface area contributed by atoms with Gasteiger partial charge in [-0.1, -0.05) is 6.92 Å². The van der Waals surface area contributed by atoms with Crippen LogP contribution in [0.2, 0.25) is 0 Å². The van der Waals surface area contributed by atoms with Crippen molar-refractivity contribution >= 4 is 22.9 Å². The van der Waals surface area contributed by atoms with Crippen molar-refractivity contribution in [2.75, 3.05) is 39.1 Å². The molecule has 0 amide bonds. The van der Waals surface area contributed by atoms with Crippen LogP contribution in [-0.2, 0) is 4.74 Å². The van der Waals surface area contributed by atoms with Crippen LogP contribution in [0.25, 0.3) is 5.52 Å². The van der Waals surface area contributed by atoms with E-state index in [0.717, 1.165) is 47.0 Å². The number of nitrogens with zero attached hydrogens (tertiary/aromatic N) is 6. The zero-order valence-electron chi connectivity index (χ0n) is 19.9. The van der Waals surface area contributed by atoms with E-state index >= 15 is 0 Å². The molecule has 0 bridgehead atoms. The molecule has 33 heavy (non-hydrogen) atoms. The molecule has 3 aromatic rings. The fourth-order valence-corrected chi connectivity index (χ4v) is 4.35. The van der Waals surface area contributed by atoms with Gasteiger partial charge in [0.25, 0.3) is 0 Å². The second-order valence-electron chi connectivity index (χ2n) is 8.69. The Morgan fingerprint density at radius 3 is 2.73 bits per heavy atom. The maximum Gasteiger partial charge on any atom is 0.154 e. The van der Waals surface area contributed by atoms with Gasteiger partial charge in [0.2, 0.25) is 0 Å². The summed E-state index contributed by atoms with van der Waals surface area (Å²) in [4.78, 5) is 15.6. The molecule has 9 heteroatoms. The molecule has 0 unspecified atom stereocenters. The van der Waals surface area contributed by atoms with E-state index in [4.69, 9.17) is 10.5 Å². The Labute approximate surface area is 194 Å². The highest BCUT2D eigenvalue weighted by Gasteiger charge is 2.28. The maximum atomic E-state index is 6.21. The molecule has 4 heterocycles. The van der Waals surface area contributed by atoms with Crippen LogP contribution in [0.15, 0.2) is 47.2 Å². The van der Waals surface area contributed by atoms with Gasteiger partial charge in [0.1, 0.15) is 11.6 Å². The van der Waals surface area contributed by atoms with Crippen molar-refractivity contribution in [2.45, 2.75) is 26.9 Å². The van der Waals surface area contributed by atoms with Crippen molar-refractivity contribution in [1.82, 2.24) is 24.5 Å². The van der Waals surface area contributed by atoms with E-state index in [-0.39, 0.29) is 6.10 Å². The maximum absolute atomic E-state index is 6.21. The molecule has 1 aliphatic rings. The minimum atomic E-state index is 0.197. The molecule has 0 saturated carbocycles. The fourth-order valence-electron chi connectivity index (χ4n) is 4.35. The molecule has 4 rings (SSSR count). The van der Waals surface area contributed by atoms with Gasteiger partial charge < -0.3 is 20.7 Å². The topological polar surface area (TPSA) is 106 Å². The Hall–Kier alpha value is -3.30. The average Bonchev–Trinajstić information content (AvgIpc) is 3.30. The van der Waals surface area contributed by atoms with Crippen molar-refractivity contribution < 1.29 is 4.74 Å². The second kappa shape index (κ2) is 9.68.